The second-order valence-electron chi connectivity index (χ2n) is 6.93. The number of hydrogen-bond acceptors (Lipinski definition) is 8. The molecular weight excluding hydrogens is 488 g/mol. The Kier molecular flexibility index (Phi) is 7.00. The Bertz CT molecular complexity index is 1020. The van der Waals surface area contributed by atoms with E-state index in [9.17, 15) is 4.79 Å². The number of rotatable bonds is 8. The van der Waals surface area contributed by atoms with E-state index in [4.69, 9.17) is 4.42 Å². The Morgan fingerprint density at radius 1 is 1.30 bits per heavy atom. The SMILES string of the molecule is C=CCn1c(SCC(=O)Nc2nnc(C3CCCCC3)s2)nnc1-c1ccc(Br)o1. The molecule has 1 fully saturated rings. The highest BCUT2D eigenvalue weighted by Gasteiger charge is 2.21. The van der Waals surface area contributed by atoms with Gasteiger partial charge in [-0.3, -0.25) is 14.7 Å². The van der Waals surface area contributed by atoms with E-state index in [1.54, 1.807) is 12.1 Å². The highest BCUT2D eigenvalue weighted by Crippen LogP contribution is 2.35. The summed E-state index contributed by atoms with van der Waals surface area (Å²) < 4.78 is 8.06. The van der Waals surface area contributed by atoms with Crippen LogP contribution in [0.3, 0.4) is 0 Å². The summed E-state index contributed by atoms with van der Waals surface area (Å²) in [5.74, 6) is 1.70. The molecule has 3 aromatic heterocycles. The van der Waals surface area contributed by atoms with Crippen LogP contribution in [0.4, 0.5) is 5.13 Å². The molecule has 0 aromatic carbocycles. The predicted molar refractivity (Wildman–Crippen MR) is 121 cm³/mol. The number of aromatic nitrogens is 5. The number of hydrogen-bond donors (Lipinski definition) is 1. The number of carbonyl (C=O) groups is 1. The van der Waals surface area contributed by atoms with Gasteiger partial charge >= 0.3 is 0 Å². The lowest BCUT2D eigenvalue weighted by molar-refractivity contribution is -0.113. The van der Waals surface area contributed by atoms with Gasteiger partial charge in [0, 0.05) is 12.5 Å². The zero-order valence-electron chi connectivity index (χ0n) is 16.2. The molecule has 0 aliphatic heterocycles. The van der Waals surface area contributed by atoms with E-state index >= 15 is 0 Å². The number of nitrogens with zero attached hydrogens (tertiary/aromatic N) is 5. The average Bonchev–Trinajstić information content (AvgIpc) is 3.48. The van der Waals surface area contributed by atoms with E-state index < -0.39 is 0 Å². The molecule has 1 aliphatic carbocycles. The van der Waals surface area contributed by atoms with Gasteiger partial charge in [0.2, 0.25) is 16.9 Å². The molecule has 1 N–H and O–H groups in total. The third-order valence-corrected chi connectivity index (χ3v) is 7.19. The molecule has 0 unspecified atom stereocenters. The quantitative estimate of drug-likeness (QED) is 0.333. The van der Waals surface area contributed by atoms with Crippen molar-refractivity contribution in [3.63, 3.8) is 0 Å². The molecule has 4 rings (SSSR count). The summed E-state index contributed by atoms with van der Waals surface area (Å²) in [6.07, 6.45) is 7.85. The van der Waals surface area contributed by atoms with E-state index in [-0.39, 0.29) is 11.7 Å². The molecule has 1 saturated carbocycles. The molecule has 11 heteroatoms. The zero-order valence-corrected chi connectivity index (χ0v) is 19.4. The Labute approximate surface area is 190 Å². The van der Waals surface area contributed by atoms with Crippen molar-refractivity contribution in [2.24, 2.45) is 0 Å². The molecule has 1 aliphatic rings. The van der Waals surface area contributed by atoms with Crippen molar-refractivity contribution in [1.29, 1.82) is 0 Å². The van der Waals surface area contributed by atoms with Crippen molar-refractivity contribution in [1.82, 2.24) is 25.0 Å². The van der Waals surface area contributed by atoms with Crippen LogP contribution in [0.5, 0.6) is 0 Å². The first-order valence-electron chi connectivity index (χ1n) is 9.70. The van der Waals surface area contributed by atoms with Crippen LogP contribution in [0.25, 0.3) is 11.6 Å². The fraction of sp³-hybridized carbons (Fsp3) is 0.421. The molecule has 3 heterocycles. The predicted octanol–water partition coefficient (Wildman–Crippen LogP) is 5.12. The Morgan fingerprint density at radius 3 is 2.87 bits per heavy atom. The monoisotopic (exact) mass is 508 g/mol. The van der Waals surface area contributed by atoms with Crippen molar-refractivity contribution in [2.45, 2.75) is 49.7 Å². The van der Waals surface area contributed by atoms with Crippen LogP contribution in [-0.2, 0) is 11.3 Å². The molecule has 0 radical (unpaired) electrons. The number of amides is 1. The van der Waals surface area contributed by atoms with E-state index in [0.717, 1.165) is 17.8 Å². The van der Waals surface area contributed by atoms with E-state index in [1.807, 2.05) is 10.6 Å². The second kappa shape index (κ2) is 9.88. The lowest BCUT2D eigenvalue weighted by Gasteiger charge is -2.18. The molecule has 30 heavy (non-hydrogen) atoms. The Hall–Kier alpha value is -1.98. The standard InChI is InChI=1S/C19H21BrN6O2S2/c1-2-10-26-16(13-8-9-14(20)28-13)22-25-19(26)29-11-15(27)21-18-24-23-17(30-18)12-6-4-3-5-7-12/h2,8-9,12H,1,3-7,10-11H2,(H,21,24,27). The molecule has 8 nitrogen and oxygen atoms in total. The van der Waals surface area contributed by atoms with Gasteiger partial charge in [0.1, 0.15) is 5.01 Å². The number of thioether (sulfide) groups is 1. The van der Waals surface area contributed by atoms with Crippen molar-refractivity contribution in [3.8, 4) is 11.6 Å². The first-order chi connectivity index (χ1) is 14.6. The Balaban J connectivity index is 1.37. The average molecular weight is 509 g/mol. The molecule has 0 bridgehead atoms. The number of halogens is 1. The van der Waals surface area contributed by atoms with E-state index in [0.29, 0.717) is 39.0 Å². The molecule has 158 valence electrons. The van der Waals surface area contributed by atoms with Gasteiger partial charge in [-0.2, -0.15) is 0 Å². The van der Waals surface area contributed by atoms with Gasteiger partial charge in [-0.1, -0.05) is 48.4 Å². The molecule has 0 spiro atoms. The van der Waals surface area contributed by atoms with Crippen LogP contribution in [0.2, 0.25) is 0 Å². The van der Waals surface area contributed by atoms with Crippen molar-refractivity contribution >= 4 is 50.1 Å². The minimum absolute atomic E-state index is 0.151. The van der Waals surface area contributed by atoms with Gasteiger partial charge in [0.15, 0.2) is 15.6 Å². The fourth-order valence-electron chi connectivity index (χ4n) is 3.39. The van der Waals surface area contributed by atoms with Gasteiger partial charge < -0.3 is 4.42 Å². The van der Waals surface area contributed by atoms with Gasteiger partial charge in [-0.15, -0.1) is 27.0 Å². The number of furan rings is 1. The van der Waals surface area contributed by atoms with Crippen molar-refractivity contribution < 1.29 is 9.21 Å². The zero-order chi connectivity index (χ0) is 20.9. The maximum atomic E-state index is 12.4. The largest absolute Gasteiger partial charge is 0.446 e. The summed E-state index contributed by atoms with van der Waals surface area (Å²) in [4.78, 5) is 12.4. The first-order valence-corrected chi connectivity index (χ1v) is 12.3. The minimum Gasteiger partial charge on any atom is -0.446 e. The molecule has 0 saturated heterocycles. The van der Waals surface area contributed by atoms with Crippen LogP contribution in [-0.4, -0.2) is 36.6 Å². The van der Waals surface area contributed by atoms with Gasteiger partial charge in [0.05, 0.1) is 5.75 Å². The number of allylic oxidation sites excluding steroid dienone is 1. The van der Waals surface area contributed by atoms with Crippen LogP contribution < -0.4 is 5.32 Å². The van der Waals surface area contributed by atoms with Crippen LogP contribution in [0.1, 0.15) is 43.0 Å². The second-order valence-corrected chi connectivity index (χ2v) is 9.66. The fourth-order valence-corrected chi connectivity index (χ4v) is 5.37. The third-order valence-electron chi connectivity index (χ3n) is 4.80. The topological polar surface area (TPSA) is 98.7 Å². The summed E-state index contributed by atoms with van der Waals surface area (Å²) in [6, 6.07) is 3.61. The molecular formula is C19H21BrN6O2S2. The van der Waals surface area contributed by atoms with E-state index in [2.05, 4.69) is 48.2 Å². The highest BCUT2D eigenvalue weighted by molar-refractivity contribution is 9.10. The Morgan fingerprint density at radius 2 is 2.13 bits per heavy atom. The van der Waals surface area contributed by atoms with Crippen LogP contribution >= 0.6 is 39.0 Å². The number of carbonyl (C=O) groups excluding carboxylic acids is 1. The lowest BCUT2D eigenvalue weighted by Crippen LogP contribution is -2.14. The molecule has 0 atom stereocenters. The summed E-state index contributed by atoms with van der Waals surface area (Å²) in [5, 5.41) is 21.9. The number of anilines is 1. The maximum absolute atomic E-state index is 12.4. The van der Waals surface area contributed by atoms with Gasteiger partial charge in [-0.05, 0) is 40.9 Å². The smallest absolute Gasteiger partial charge is 0.236 e. The van der Waals surface area contributed by atoms with Crippen molar-refractivity contribution in [2.75, 3.05) is 11.1 Å². The molecule has 3 aromatic rings. The van der Waals surface area contributed by atoms with Crippen LogP contribution in [0.15, 0.2) is 39.0 Å². The minimum atomic E-state index is -0.151. The normalized spacial score (nSPS) is 14.7. The summed E-state index contributed by atoms with van der Waals surface area (Å²) in [7, 11) is 0. The number of nitrogens with one attached hydrogen (secondary N) is 1. The summed E-state index contributed by atoms with van der Waals surface area (Å²) >= 11 is 6.08. The van der Waals surface area contributed by atoms with Crippen LogP contribution in [0, 0.1) is 0 Å². The molecule has 1 amide bonds. The summed E-state index contributed by atoms with van der Waals surface area (Å²) in [6.45, 7) is 4.30. The van der Waals surface area contributed by atoms with Gasteiger partial charge in [-0.25, -0.2) is 0 Å². The summed E-state index contributed by atoms with van der Waals surface area (Å²) in [5.41, 5.74) is 0. The highest BCUT2D eigenvalue weighted by atomic mass is 79.9. The third kappa shape index (κ3) is 5.01. The van der Waals surface area contributed by atoms with Crippen molar-refractivity contribution in [3.05, 3.63) is 34.5 Å². The maximum Gasteiger partial charge on any atom is 0.236 e. The first kappa shape index (κ1) is 21.3. The van der Waals surface area contributed by atoms with E-state index in [1.165, 1.54) is 42.4 Å². The van der Waals surface area contributed by atoms with Gasteiger partial charge in [0.25, 0.3) is 0 Å². The lowest BCUT2D eigenvalue weighted by atomic mass is 9.90.